The van der Waals surface area contributed by atoms with Crippen molar-refractivity contribution in [3.8, 4) is 5.75 Å². The van der Waals surface area contributed by atoms with E-state index in [9.17, 15) is 14.7 Å². The molecule has 8 heteroatoms. The summed E-state index contributed by atoms with van der Waals surface area (Å²) in [6, 6.07) is 6.23. The van der Waals surface area contributed by atoms with Gasteiger partial charge >= 0.3 is 5.97 Å². The molecule has 1 aliphatic carbocycles. The first-order valence-corrected chi connectivity index (χ1v) is 10.7. The second-order valence-corrected chi connectivity index (χ2v) is 9.16. The molecule has 1 atom stereocenters. The van der Waals surface area contributed by atoms with Gasteiger partial charge in [-0.2, -0.15) is 0 Å². The first kappa shape index (κ1) is 19.6. The van der Waals surface area contributed by atoms with Crippen molar-refractivity contribution in [2.24, 2.45) is 0 Å². The van der Waals surface area contributed by atoms with E-state index >= 15 is 0 Å². The molecular weight excluding hydrogens is 421 g/mol. The van der Waals surface area contributed by atoms with Gasteiger partial charge < -0.3 is 14.7 Å². The summed E-state index contributed by atoms with van der Waals surface area (Å²) in [5.41, 5.74) is 1.13. The second-order valence-electron chi connectivity index (χ2n) is 7.15. The number of nitrogens with zero attached hydrogens (tertiary/aromatic N) is 1. The third-order valence-electron chi connectivity index (χ3n) is 5.07. The lowest BCUT2D eigenvalue weighted by molar-refractivity contribution is -0.141. The van der Waals surface area contributed by atoms with Gasteiger partial charge in [0.1, 0.15) is 18.4 Å². The third kappa shape index (κ3) is 4.14. The number of aliphatic carboxylic acids is 1. The van der Waals surface area contributed by atoms with Crippen LogP contribution in [0.2, 0.25) is 10.0 Å². The average Bonchev–Trinajstić information content (AvgIpc) is 3.19. The first-order chi connectivity index (χ1) is 13.4. The molecule has 1 N–H and O–H groups in total. The van der Waals surface area contributed by atoms with Gasteiger partial charge in [0.05, 0.1) is 4.88 Å². The van der Waals surface area contributed by atoms with Crippen molar-refractivity contribution < 1.29 is 19.4 Å². The maximum absolute atomic E-state index is 12.9. The van der Waals surface area contributed by atoms with E-state index in [4.69, 9.17) is 27.9 Å². The lowest BCUT2D eigenvalue weighted by Crippen LogP contribution is -2.40. The Bertz CT molecular complexity index is 905. The minimum atomic E-state index is -0.939. The summed E-state index contributed by atoms with van der Waals surface area (Å²) in [5, 5.41) is 10.4. The van der Waals surface area contributed by atoms with Crippen molar-refractivity contribution in [3.63, 3.8) is 0 Å². The quantitative estimate of drug-likeness (QED) is 0.671. The number of benzene rings is 1. The minimum Gasteiger partial charge on any atom is -0.488 e. The van der Waals surface area contributed by atoms with E-state index in [-0.39, 0.29) is 5.91 Å². The van der Waals surface area contributed by atoms with Gasteiger partial charge in [0.25, 0.3) is 5.91 Å². The predicted octanol–water partition coefficient (Wildman–Crippen LogP) is 5.20. The molecule has 2 aromatic rings. The number of carbonyl (C=O) groups is 2. The third-order valence-corrected chi connectivity index (χ3v) is 6.62. The van der Waals surface area contributed by atoms with Crippen LogP contribution in [0.15, 0.2) is 24.3 Å². The van der Waals surface area contributed by atoms with Gasteiger partial charge in [-0.3, -0.25) is 4.79 Å². The number of thiophene rings is 1. The lowest BCUT2D eigenvalue weighted by Gasteiger charge is -2.20. The fraction of sp³-hybridized carbons (Fsp3) is 0.400. The molecule has 0 radical (unpaired) electrons. The molecule has 2 fully saturated rings. The Hall–Kier alpha value is -1.76. The van der Waals surface area contributed by atoms with Crippen molar-refractivity contribution in [2.45, 2.75) is 44.2 Å². The van der Waals surface area contributed by atoms with Crippen molar-refractivity contribution in [3.05, 3.63) is 49.6 Å². The predicted molar refractivity (Wildman–Crippen MR) is 109 cm³/mol. The SMILES string of the molecule is O=C(O)C1CCCN1C(=O)c1cc(C2CC2)c(COc2cc(Cl)cc(Cl)c2)s1. The van der Waals surface area contributed by atoms with Crippen molar-refractivity contribution in [1.29, 1.82) is 0 Å². The van der Waals surface area contributed by atoms with E-state index in [0.29, 0.717) is 46.2 Å². The van der Waals surface area contributed by atoms with Gasteiger partial charge in [-0.15, -0.1) is 11.3 Å². The molecule has 4 rings (SSSR count). The molecule has 2 heterocycles. The second kappa shape index (κ2) is 7.93. The molecule has 2 aliphatic rings. The summed E-state index contributed by atoms with van der Waals surface area (Å²) in [6.45, 7) is 0.808. The van der Waals surface area contributed by atoms with E-state index in [2.05, 4.69) is 0 Å². The number of hydrogen-bond donors (Lipinski definition) is 1. The number of carboxylic acid groups (broad SMARTS) is 1. The molecule has 5 nitrogen and oxygen atoms in total. The monoisotopic (exact) mass is 439 g/mol. The van der Waals surface area contributed by atoms with Gasteiger partial charge in [-0.25, -0.2) is 4.79 Å². The molecule has 28 heavy (non-hydrogen) atoms. The Labute approximate surface area is 176 Å². The van der Waals surface area contributed by atoms with Crippen LogP contribution < -0.4 is 4.74 Å². The maximum atomic E-state index is 12.9. The zero-order chi connectivity index (χ0) is 19.8. The zero-order valence-electron chi connectivity index (χ0n) is 15.0. The Morgan fingerprint density at radius 2 is 1.86 bits per heavy atom. The van der Waals surface area contributed by atoms with E-state index < -0.39 is 12.0 Å². The molecule has 1 saturated carbocycles. The van der Waals surface area contributed by atoms with E-state index in [1.807, 2.05) is 6.07 Å². The minimum absolute atomic E-state index is 0.200. The van der Waals surface area contributed by atoms with Crippen LogP contribution >= 0.6 is 34.5 Å². The van der Waals surface area contributed by atoms with Gasteiger partial charge in [-0.05, 0) is 61.4 Å². The molecule has 1 amide bonds. The smallest absolute Gasteiger partial charge is 0.326 e. The highest BCUT2D eigenvalue weighted by Gasteiger charge is 2.36. The van der Waals surface area contributed by atoms with Crippen LogP contribution in [-0.2, 0) is 11.4 Å². The molecule has 148 valence electrons. The van der Waals surface area contributed by atoms with Crippen molar-refractivity contribution >= 4 is 46.4 Å². The number of amides is 1. The normalized spacial score (nSPS) is 19.1. The van der Waals surface area contributed by atoms with Crippen molar-refractivity contribution in [1.82, 2.24) is 4.90 Å². The summed E-state index contributed by atoms with van der Waals surface area (Å²) < 4.78 is 5.87. The lowest BCUT2D eigenvalue weighted by atomic mass is 10.1. The number of carboxylic acids is 1. The first-order valence-electron chi connectivity index (χ1n) is 9.17. The highest BCUT2D eigenvalue weighted by molar-refractivity contribution is 7.14. The molecule has 0 bridgehead atoms. The van der Waals surface area contributed by atoms with Gasteiger partial charge in [0.2, 0.25) is 0 Å². The van der Waals surface area contributed by atoms with E-state index in [0.717, 1.165) is 29.7 Å². The highest BCUT2D eigenvalue weighted by atomic mass is 35.5. The van der Waals surface area contributed by atoms with Gasteiger partial charge in [0.15, 0.2) is 0 Å². The largest absolute Gasteiger partial charge is 0.488 e. The van der Waals surface area contributed by atoms with Crippen molar-refractivity contribution in [2.75, 3.05) is 6.54 Å². The summed E-state index contributed by atoms with van der Waals surface area (Å²) >= 11 is 13.4. The van der Waals surface area contributed by atoms with E-state index in [1.54, 1.807) is 18.2 Å². The number of ether oxygens (including phenoxy) is 1. The van der Waals surface area contributed by atoms with Gasteiger partial charge in [0, 0.05) is 21.5 Å². The molecular formula is C20H19Cl2NO4S. The molecule has 1 aromatic heterocycles. The Morgan fingerprint density at radius 3 is 2.50 bits per heavy atom. The number of carbonyl (C=O) groups excluding carboxylic acids is 1. The van der Waals surface area contributed by atoms with Crippen LogP contribution in [0, 0.1) is 0 Å². The summed E-state index contributed by atoms with van der Waals surface area (Å²) in [4.78, 5) is 27.4. The van der Waals surface area contributed by atoms with Gasteiger partial charge in [-0.1, -0.05) is 23.2 Å². The number of likely N-dealkylation sites (tertiary alicyclic amines) is 1. The number of halogens is 2. The zero-order valence-corrected chi connectivity index (χ0v) is 17.3. The summed E-state index contributed by atoms with van der Waals surface area (Å²) in [6.07, 6.45) is 3.42. The van der Waals surface area contributed by atoms with Crippen LogP contribution in [0.25, 0.3) is 0 Å². The summed E-state index contributed by atoms with van der Waals surface area (Å²) in [5.74, 6) is -0.112. The maximum Gasteiger partial charge on any atom is 0.326 e. The van der Waals surface area contributed by atoms with Crippen LogP contribution in [0.4, 0.5) is 0 Å². The Balaban J connectivity index is 1.54. The summed E-state index contributed by atoms with van der Waals surface area (Å²) in [7, 11) is 0. The molecule has 1 saturated heterocycles. The van der Waals surface area contributed by atoms with Crippen LogP contribution in [0.3, 0.4) is 0 Å². The fourth-order valence-corrected chi connectivity index (χ4v) is 5.19. The van der Waals surface area contributed by atoms with E-state index in [1.165, 1.54) is 16.2 Å². The molecule has 1 aromatic carbocycles. The molecule has 1 aliphatic heterocycles. The van der Waals surface area contributed by atoms with Crippen LogP contribution in [0.1, 0.15) is 51.7 Å². The van der Waals surface area contributed by atoms with Crippen LogP contribution in [0.5, 0.6) is 5.75 Å². The molecule has 1 unspecified atom stereocenters. The topological polar surface area (TPSA) is 66.8 Å². The fourth-order valence-electron chi connectivity index (χ4n) is 3.57. The number of rotatable bonds is 6. The average molecular weight is 440 g/mol. The molecule has 0 spiro atoms. The standard InChI is InChI=1S/C20H19Cl2NO4S/c21-12-6-13(22)8-14(7-12)27-10-18-15(11-3-4-11)9-17(28-18)19(24)23-5-1-2-16(23)20(25)26/h6-9,11,16H,1-5,10H2,(H,25,26). The van der Waals surface area contributed by atoms with Crippen LogP contribution in [-0.4, -0.2) is 34.5 Å². The Morgan fingerprint density at radius 1 is 1.14 bits per heavy atom. The highest BCUT2D eigenvalue weighted by Crippen LogP contribution is 2.45. The number of hydrogen-bond acceptors (Lipinski definition) is 4. The Kier molecular flexibility index (Phi) is 5.54.